The van der Waals surface area contributed by atoms with Gasteiger partial charge in [0, 0.05) is 67.7 Å². The molecule has 7 heteroatoms. The van der Waals surface area contributed by atoms with Crippen molar-refractivity contribution in [2.75, 3.05) is 4.90 Å². The van der Waals surface area contributed by atoms with Crippen LogP contribution in [0.2, 0.25) is 0 Å². The van der Waals surface area contributed by atoms with Gasteiger partial charge in [-0.25, -0.2) is 0 Å². The van der Waals surface area contributed by atoms with Crippen LogP contribution < -0.4 is 36.7 Å². The molecule has 9 rings (SSSR count). The molecule has 5 nitrogen and oxygen atoms in total. The highest BCUT2D eigenvalue weighted by molar-refractivity contribution is 7.88. The minimum Gasteiger partial charge on any atom is -0.308 e. The second-order valence-electron chi connectivity index (χ2n) is 12.3. The van der Waals surface area contributed by atoms with Crippen LogP contribution in [0.25, 0.3) is 22.3 Å². The van der Waals surface area contributed by atoms with E-state index in [4.69, 9.17) is 0 Å². The summed E-state index contributed by atoms with van der Waals surface area (Å²) in [5.74, 6) is 0. The molecule has 5 aromatic carbocycles. The van der Waals surface area contributed by atoms with Crippen LogP contribution in [0.15, 0.2) is 158 Å². The van der Waals surface area contributed by atoms with Crippen LogP contribution in [0.5, 0.6) is 0 Å². The van der Waals surface area contributed by atoms with Gasteiger partial charge in [-0.05, 0) is 72.1 Å². The van der Waals surface area contributed by atoms with E-state index in [0.29, 0.717) is 10.6 Å². The molecule has 0 spiro atoms. The molecule has 2 atom stereocenters. The zero-order valence-corrected chi connectivity index (χ0v) is 27.9. The van der Waals surface area contributed by atoms with E-state index in [-0.39, 0.29) is 0 Å². The predicted octanol–water partition coefficient (Wildman–Crippen LogP) is 7.49. The minimum absolute atomic E-state index is 0.706. The Morgan fingerprint density at radius 2 is 0.938 bits per heavy atom. The molecule has 7 aromatic rings. The Labute approximate surface area is 279 Å². The average Bonchev–Trinajstić information content (AvgIpc) is 3.15. The molecule has 0 bridgehead atoms. The first-order chi connectivity index (χ1) is 23.5. The summed E-state index contributed by atoms with van der Waals surface area (Å²) in [6.07, 6.45) is 7.18. The molecule has 4 heterocycles. The van der Waals surface area contributed by atoms with Gasteiger partial charge in [0.05, 0.1) is 17.1 Å². The quantitative estimate of drug-likeness (QED) is 0.184. The number of hydrogen-bond donors (Lipinski definition) is 0. The van der Waals surface area contributed by atoms with Gasteiger partial charge in [-0.1, -0.05) is 84.9 Å². The maximum absolute atomic E-state index is 16.2. The van der Waals surface area contributed by atoms with Gasteiger partial charge in [0.15, 0.2) is 14.3 Å². The largest absolute Gasteiger partial charge is 0.308 e. The molecule has 0 aliphatic carbocycles. The molecular formula is C41H29N3O2P2. The molecule has 2 aromatic heterocycles. The number of fused-ring (bicyclic) bond motifs is 4. The topological polar surface area (TPSA) is 63.2 Å². The summed E-state index contributed by atoms with van der Waals surface area (Å²) in [5.41, 5.74) is 7.08. The number of rotatable bonds is 4. The fourth-order valence-corrected chi connectivity index (χ4v) is 13.6. The third-order valence-electron chi connectivity index (χ3n) is 9.46. The van der Waals surface area contributed by atoms with E-state index in [1.54, 1.807) is 12.4 Å². The zero-order chi connectivity index (χ0) is 32.5. The lowest BCUT2D eigenvalue weighted by Gasteiger charge is -2.44. The van der Waals surface area contributed by atoms with Crippen molar-refractivity contribution in [3.63, 3.8) is 0 Å². The van der Waals surface area contributed by atoms with Crippen molar-refractivity contribution in [1.82, 2.24) is 9.97 Å². The van der Waals surface area contributed by atoms with E-state index in [2.05, 4.69) is 51.3 Å². The van der Waals surface area contributed by atoms with Crippen LogP contribution in [-0.4, -0.2) is 9.97 Å². The Morgan fingerprint density at radius 1 is 0.479 bits per heavy atom. The normalized spacial score (nSPS) is 18.8. The average molecular weight is 658 g/mol. The summed E-state index contributed by atoms with van der Waals surface area (Å²) < 4.78 is 32.4. The molecule has 0 fully saturated rings. The molecule has 2 aliphatic heterocycles. The second kappa shape index (κ2) is 10.9. The number of pyridine rings is 2. The molecular weight excluding hydrogens is 628 g/mol. The number of nitrogens with zero attached hydrogens (tertiary/aromatic N) is 3. The highest BCUT2D eigenvalue weighted by Gasteiger charge is 2.50. The van der Waals surface area contributed by atoms with Gasteiger partial charge in [0.2, 0.25) is 0 Å². The minimum atomic E-state index is -3.47. The number of aryl methyl sites for hydroxylation is 1. The number of anilines is 3. The van der Waals surface area contributed by atoms with Gasteiger partial charge in [0.1, 0.15) is 0 Å². The van der Waals surface area contributed by atoms with E-state index in [1.165, 1.54) is 0 Å². The van der Waals surface area contributed by atoms with Gasteiger partial charge < -0.3 is 14.0 Å². The second-order valence-corrected chi connectivity index (χ2v) is 17.7. The molecule has 0 N–H and O–H groups in total. The van der Waals surface area contributed by atoms with Crippen molar-refractivity contribution in [3.05, 3.63) is 164 Å². The van der Waals surface area contributed by atoms with Crippen LogP contribution in [0.4, 0.5) is 17.1 Å². The summed E-state index contributed by atoms with van der Waals surface area (Å²) in [5, 5.41) is 4.40. The lowest BCUT2D eigenvalue weighted by molar-refractivity contribution is 0.592. The fraction of sp³-hybridized carbons (Fsp3) is 0.0244. The lowest BCUT2D eigenvalue weighted by Crippen LogP contribution is -2.46. The monoisotopic (exact) mass is 657 g/mol. The number of aromatic nitrogens is 2. The van der Waals surface area contributed by atoms with Crippen molar-refractivity contribution < 1.29 is 9.13 Å². The van der Waals surface area contributed by atoms with Crippen LogP contribution in [-0.2, 0) is 9.13 Å². The van der Waals surface area contributed by atoms with Gasteiger partial charge >= 0.3 is 0 Å². The van der Waals surface area contributed by atoms with E-state index in [0.717, 1.165) is 66.1 Å². The molecule has 0 saturated carbocycles. The molecule has 48 heavy (non-hydrogen) atoms. The van der Waals surface area contributed by atoms with Crippen LogP contribution in [0.3, 0.4) is 0 Å². The fourth-order valence-electron chi connectivity index (χ4n) is 7.27. The first kappa shape index (κ1) is 28.8. The SMILES string of the molecule is Cc1cc2c3c(c1)P(=O)(c1ccccc1)c1cc(-c4cccnc4)ccc1N3c1ccc(-c3cccnc3)cc1P2(=O)c1ccccc1. The molecule has 0 radical (unpaired) electrons. The van der Waals surface area contributed by atoms with Gasteiger partial charge in [-0.2, -0.15) is 0 Å². The van der Waals surface area contributed by atoms with Crippen molar-refractivity contribution in [2.45, 2.75) is 6.92 Å². The Bertz CT molecular complexity index is 2300. The van der Waals surface area contributed by atoms with E-state index in [1.807, 2.05) is 116 Å². The predicted molar refractivity (Wildman–Crippen MR) is 198 cm³/mol. The van der Waals surface area contributed by atoms with Gasteiger partial charge in [-0.15, -0.1) is 0 Å². The lowest BCUT2D eigenvalue weighted by atomic mass is 10.0. The molecule has 0 amide bonds. The van der Waals surface area contributed by atoms with Crippen LogP contribution in [0, 0.1) is 6.92 Å². The van der Waals surface area contributed by atoms with E-state index >= 15 is 9.13 Å². The van der Waals surface area contributed by atoms with E-state index in [9.17, 15) is 0 Å². The smallest absolute Gasteiger partial charge is 0.175 e. The Balaban J connectivity index is 1.42. The maximum Gasteiger partial charge on any atom is 0.175 e. The summed E-state index contributed by atoms with van der Waals surface area (Å²) in [4.78, 5) is 10.9. The third-order valence-corrected chi connectivity index (χ3v) is 15.6. The van der Waals surface area contributed by atoms with Crippen LogP contribution in [0.1, 0.15) is 5.56 Å². The Kier molecular flexibility index (Phi) is 6.52. The molecule has 2 aliphatic rings. The van der Waals surface area contributed by atoms with Gasteiger partial charge in [-0.3, -0.25) is 9.97 Å². The summed E-state index contributed by atoms with van der Waals surface area (Å²) in [7, 11) is -6.94. The summed E-state index contributed by atoms with van der Waals surface area (Å²) in [6, 6.07) is 43.9. The summed E-state index contributed by atoms with van der Waals surface area (Å²) >= 11 is 0. The zero-order valence-electron chi connectivity index (χ0n) is 26.1. The standard InChI is InChI=1S/C41H29N3O2P2/c1-28-22-39-41-40(23-28)48(46,34-14-6-3-7-15-34)38-25-30(32-11-9-21-43-27-32)17-19-36(38)44(41)35-18-16-29(31-10-8-20-42-26-31)24-37(35)47(39,45)33-12-4-2-5-13-33/h2-27H,1H3. The molecule has 0 saturated heterocycles. The summed E-state index contributed by atoms with van der Waals surface area (Å²) in [6.45, 7) is 2.01. The number of hydrogen-bond acceptors (Lipinski definition) is 5. The van der Waals surface area contributed by atoms with Crippen molar-refractivity contribution in [1.29, 1.82) is 0 Å². The van der Waals surface area contributed by atoms with Crippen molar-refractivity contribution in [2.24, 2.45) is 0 Å². The number of benzene rings is 5. The molecule has 2 unspecified atom stereocenters. The van der Waals surface area contributed by atoms with Crippen molar-refractivity contribution >= 4 is 63.2 Å². The third kappa shape index (κ3) is 4.12. The van der Waals surface area contributed by atoms with E-state index < -0.39 is 14.3 Å². The highest BCUT2D eigenvalue weighted by Crippen LogP contribution is 2.61. The molecule has 230 valence electrons. The Hall–Kier alpha value is -5.34. The maximum atomic E-state index is 16.2. The van der Waals surface area contributed by atoms with Gasteiger partial charge in [0.25, 0.3) is 0 Å². The first-order valence-electron chi connectivity index (χ1n) is 15.9. The van der Waals surface area contributed by atoms with Crippen molar-refractivity contribution in [3.8, 4) is 22.3 Å². The highest BCUT2D eigenvalue weighted by atomic mass is 31.2. The van der Waals surface area contributed by atoms with Crippen LogP contribution >= 0.6 is 14.3 Å². The Morgan fingerprint density at radius 3 is 1.35 bits per heavy atom. The first-order valence-corrected chi connectivity index (χ1v) is 19.3.